The summed E-state index contributed by atoms with van der Waals surface area (Å²) in [5, 5.41) is 9.37. The first-order chi connectivity index (χ1) is 9.49. The first-order valence-electron chi connectivity index (χ1n) is 7.28. The monoisotopic (exact) mass is 284 g/mol. The van der Waals surface area contributed by atoms with Crippen molar-refractivity contribution in [1.29, 1.82) is 0 Å². The van der Waals surface area contributed by atoms with Gasteiger partial charge in [-0.15, -0.1) is 0 Å². The van der Waals surface area contributed by atoms with Crippen LogP contribution in [0.2, 0.25) is 0 Å². The van der Waals surface area contributed by atoms with E-state index in [4.69, 9.17) is 4.74 Å². The minimum Gasteiger partial charge on any atom is -0.480 e. The van der Waals surface area contributed by atoms with Crippen LogP contribution in [0.5, 0.6) is 0 Å². The van der Waals surface area contributed by atoms with Gasteiger partial charge in [-0.2, -0.15) is 0 Å². The van der Waals surface area contributed by atoms with Crippen molar-refractivity contribution in [2.75, 3.05) is 33.4 Å². The summed E-state index contributed by atoms with van der Waals surface area (Å²) in [4.78, 5) is 27.3. The number of nitrogens with zero attached hydrogens (tertiary/aromatic N) is 2. The molecule has 0 saturated carbocycles. The summed E-state index contributed by atoms with van der Waals surface area (Å²) in [6, 6.07) is -0.122. The average molecular weight is 284 g/mol. The molecule has 1 unspecified atom stereocenters. The van der Waals surface area contributed by atoms with Gasteiger partial charge in [0.05, 0.1) is 0 Å². The minimum absolute atomic E-state index is 0.122. The Morgan fingerprint density at radius 2 is 1.95 bits per heavy atom. The van der Waals surface area contributed by atoms with E-state index in [1.54, 1.807) is 18.9 Å². The fourth-order valence-corrected chi connectivity index (χ4v) is 3.19. The van der Waals surface area contributed by atoms with Crippen LogP contribution in [0.4, 0.5) is 4.79 Å². The highest BCUT2D eigenvalue weighted by Gasteiger charge is 2.47. The van der Waals surface area contributed by atoms with E-state index in [0.717, 1.165) is 25.9 Å². The molecule has 0 bridgehead atoms. The molecule has 0 aromatic heterocycles. The van der Waals surface area contributed by atoms with Crippen molar-refractivity contribution in [1.82, 2.24) is 9.80 Å². The van der Waals surface area contributed by atoms with Crippen molar-refractivity contribution < 1.29 is 19.4 Å². The maximum absolute atomic E-state index is 12.5. The predicted molar refractivity (Wildman–Crippen MR) is 73.5 cm³/mol. The van der Waals surface area contributed by atoms with E-state index in [1.165, 1.54) is 4.90 Å². The molecular formula is C14H24N2O4. The second-order valence-electron chi connectivity index (χ2n) is 6.00. The lowest BCUT2D eigenvalue weighted by molar-refractivity contribution is -0.147. The van der Waals surface area contributed by atoms with Crippen LogP contribution in [0, 0.1) is 5.92 Å². The van der Waals surface area contributed by atoms with Gasteiger partial charge in [0.2, 0.25) is 0 Å². The molecule has 1 atom stereocenters. The van der Waals surface area contributed by atoms with Gasteiger partial charge >= 0.3 is 12.0 Å². The molecule has 2 aliphatic rings. The number of rotatable bonds is 3. The van der Waals surface area contributed by atoms with Crippen molar-refractivity contribution in [3.63, 3.8) is 0 Å². The molecule has 0 aromatic rings. The highest BCUT2D eigenvalue weighted by atomic mass is 16.5. The number of amides is 2. The number of carboxylic acid groups (broad SMARTS) is 1. The zero-order chi connectivity index (χ0) is 14.8. The van der Waals surface area contributed by atoms with Gasteiger partial charge in [-0.25, -0.2) is 9.59 Å². The van der Waals surface area contributed by atoms with Crippen molar-refractivity contribution in [2.45, 2.75) is 38.1 Å². The Morgan fingerprint density at radius 1 is 1.30 bits per heavy atom. The maximum atomic E-state index is 12.5. The van der Waals surface area contributed by atoms with Gasteiger partial charge in [0.1, 0.15) is 5.54 Å². The lowest BCUT2D eigenvalue weighted by atomic mass is 9.97. The van der Waals surface area contributed by atoms with Crippen LogP contribution in [0.15, 0.2) is 0 Å². The van der Waals surface area contributed by atoms with Gasteiger partial charge in [0.15, 0.2) is 0 Å². The standard InChI is InChI=1S/C14H24N2O4/c1-14(12(17)18)6-3-7-16(14)13(19)15-8-4-11(5-9-15)10-20-2/h11H,3-10H2,1-2H3,(H,17,18). The van der Waals surface area contributed by atoms with E-state index >= 15 is 0 Å². The number of hydrogen-bond donors (Lipinski definition) is 1. The number of urea groups is 1. The Hall–Kier alpha value is -1.30. The molecule has 0 spiro atoms. The van der Waals surface area contributed by atoms with Gasteiger partial charge in [-0.05, 0) is 38.5 Å². The molecule has 2 saturated heterocycles. The number of likely N-dealkylation sites (tertiary alicyclic amines) is 2. The Kier molecular flexibility index (Phi) is 4.52. The molecule has 6 nitrogen and oxygen atoms in total. The third-order valence-corrected chi connectivity index (χ3v) is 4.62. The molecule has 2 heterocycles. The molecule has 2 aliphatic heterocycles. The predicted octanol–water partition coefficient (Wildman–Crippen LogP) is 1.40. The number of hydrogen-bond acceptors (Lipinski definition) is 3. The molecule has 2 rings (SSSR count). The number of methoxy groups -OCH3 is 1. The van der Waals surface area contributed by atoms with Gasteiger partial charge in [-0.3, -0.25) is 0 Å². The van der Waals surface area contributed by atoms with Gasteiger partial charge in [0, 0.05) is 33.4 Å². The Bertz CT molecular complexity index is 379. The van der Waals surface area contributed by atoms with Crippen LogP contribution < -0.4 is 0 Å². The number of ether oxygens (including phenoxy) is 1. The van der Waals surface area contributed by atoms with Crippen LogP contribution in [0.3, 0.4) is 0 Å². The summed E-state index contributed by atoms with van der Waals surface area (Å²) in [6.45, 7) is 4.31. The second kappa shape index (κ2) is 5.99. The first kappa shape index (κ1) is 15.1. The smallest absolute Gasteiger partial charge is 0.329 e. The van der Waals surface area contributed by atoms with Crippen LogP contribution in [-0.4, -0.2) is 65.8 Å². The molecule has 0 aromatic carbocycles. The summed E-state index contributed by atoms with van der Waals surface area (Å²) >= 11 is 0. The molecule has 2 fully saturated rings. The van der Waals surface area contributed by atoms with E-state index in [9.17, 15) is 14.7 Å². The first-order valence-corrected chi connectivity index (χ1v) is 7.28. The van der Waals surface area contributed by atoms with E-state index in [-0.39, 0.29) is 6.03 Å². The van der Waals surface area contributed by atoms with Crippen molar-refractivity contribution in [2.24, 2.45) is 5.92 Å². The highest BCUT2D eigenvalue weighted by molar-refractivity contribution is 5.86. The SMILES string of the molecule is COCC1CCN(C(=O)N2CCCC2(C)C(=O)O)CC1. The second-order valence-corrected chi connectivity index (χ2v) is 6.00. The van der Waals surface area contributed by atoms with E-state index in [2.05, 4.69) is 0 Å². The zero-order valence-corrected chi connectivity index (χ0v) is 12.3. The Balaban J connectivity index is 1.97. The number of carbonyl (C=O) groups excluding carboxylic acids is 1. The topological polar surface area (TPSA) is 70.1 Å². The zero-order valence-electron chi connectivity index (χ0n) is 12.3. The summed E-state index contributed by atoms with van der Waals surface area (Å²) in [6.07, 6.45) is 3.15. The fourth-order valence-electron chi connectivity index (χ4n) is 3.19. The van der Waals surface area contributed by atoms with Crippen LogP contribution >= 0.6 is 0 Å². The lowest BCUT2D eigenvalue weighted by Gasteiger charge is -2.38. The largest absolute Gasteiger partial charge is 0.480 e. The van der Waals surface area contributed by atoms with Crippen molar-refractivity contribution in [3.8, 4) is 0 Å². The maximum Gasteiger partial charge on any atom is 0.329 e. The van der Waals surface area contributed by atoms with Crippen LogP contribution in [0.1, 0.15) is 32.6 Å². The number of aliphatic carboxylic acids is 1. The molecule has 114 valence electrons. The average Bonchev–Trinajstić information content (AvgIpc) is 2.83. The number of carboxylic acids is 1. The Labute approximate surface area is 119 Å². The van der Waals surface area contributed by atoms with E-state index < -0.39 is 11.5 Å². The molecule has 1 N–H and O–H groups in total. The van der Waals surface area contributed by atoms with Crippen LogP contribution in [0.25, 0.3) is 0 Å². The summed E-state index contributed by atoms with van der Waals surface area (Å²) in [7, 11) is 1.69. The summed E-state index contributed by atoms with van der Waals surface area (Å²) < 4.78 is 5.15. The molecular weight excluding hydrogens is 260 g/mol. The lowest BCUT2D eigenvalue weighted by Crippen LogP contribution is -2.56. The normalized spacial score (nSPS) is 27.9. The Morgan fingerprint density at radius 3 is 2.50 bits per heavy atom. The van der Waals surface area contributed by atoms with Crippen molar-refractivity contribution >= 4 is 12.0 Å². The van der Waals surface area contributed by atoms with Gasteiger partial charge in [-0.1, -0.05) is 0 Å². The molecule has 20 heavy (non-hydrogen) atoms. The molecule has 2 amide bonds. The molecule has 0 aliphatic carbocycles. The highest BCUT2D eigenvalue weighted by Crippen LogP contribution is 2.31. The third kappa shape index (κ3) is 2.75. The van der Waals surface area contributed by atoms with Crippen molar-refractivity contribution in [3.05, 3.63) is 0 Å². The van der Waals surface area contributed by atoms with E-state index in [0.29, 0.717) is 32.0 Å². The van der Waals surface area contributed by atoms with Gasteiger partial charge < -0.3 is 19.6 Å². The number of carbonyl (C=O) groups is 2. The molecule has 0 radical (unpaired) electrons. The summed E-state index contributed by atoms with van der Waals surface area (Å²) in [5.74, 6) is -0.397. The number of piperidine rings is 1. The quantitative estimate of drug-likeness (QED) is 0.850. The van der Waals surface area contributed by atoms with E-state index in [1.807, 2.05) is 0 Å². The third-order valence-electron chi connectivity index (χ3n) is 4.62. The fraction of sp³-hybridized carbons (Fsp3) is 0.857. The van der Waals surface area contributed by atoms with Gasteiger partial charge in [0.25, 0.3) is 0 Å². The van der Waals surface area contributed by atoms with Crippen LogP contribution in [-0.2, 0) is 9.53 Å². The molecule has 6 heteroatoms. The minimum atomic E-state index is -1.04. The summed E-state index contributed by atoms with van der Waals surface area (Å²) in [5.41, 5.74) is -1.04.